The van der Waals surface area contributed by atoms with Crippen molar-refractivity contribution < 1.29 is 8.42 Å². The second kappa shape index (κ2) is 8.13. The molecule has 2 aromatic heterocycles. The summed E-state index contributed by atoms with van der Waals surface area (Å²) < 4.78 is 27.4. The van der Waals surface area contributed by atoms with Gasteiger partial charge in [-0.3, -0.25) is 9.71 Å². The Bertz CT molecular complexity index is 973. The normalized spacial score (nSPS) is 11.4. The number of pyridine rings is 1. The van der Waals surface area contributed by atoms with Crippen LogP contribution in [0.5, 0.6) is 0 Å². The van der Waals surface area contributed by atoms with Crippen LogP contribution in [0, 0.1) is 0 Å². The molecule has 140 valence electrons. The molecule has 2 heterocycles. The van der Waals surface area contributed by atoms with E-state index in [1.165, 1.54) is 0 Å². The van der Waals surface area contributed by atoms with Crippen LogP contribution in [-0.4, -0.2) is 23.6 Å². The molecule has 27 heavy (non-hydrogen) atoms. The summed E-state index contributed by atoms with van der Waals surface area (Å²) in [6.45, 7) is 4.66. The fraction of sp³-hybridized carbons (Fsp3) is 0.211. The van der Waals surface area contributed by atoms with Crippen molar-refractivity contribution in [1.82, 2.24) is 15.2 Å². The highest BCUT2D eigenvalue weighted by molar-refractivity contribution is 7.92. The second-order valence-corrected chi connectivity index (χ2v) is 8.03. The minimum absolute atomic E-state index is 0.162. The minimum atomic E-state index is -3.71. The molecule has 0 saturated heterocycles. The Balaban J connectivity index is 1.64. The predicted molar refractivity (Wildman–Crippen MR) is 105 cm³/mol. The van der Waals surface area contributed by atoms with Gasteiger partial charge in [-0.2, -0.15) is 0 Å². The lowest BCUT2D eigenvalue weighted by Crippen LogP contribution is -2.14. The molecule has 7 nitrogen and oxygen atoms in total. The van der Waals surface area contributed by atoms with Crippen LogP contribution in [0.2, 0.25) is 0 Å². The third-order valence-corrected chi connectivity index (χ3v) is 5.33. The first kappa shape index (κ1) is 18.8. The highest BCUT2D eigenvalue weighted by Crippen LogP contribution is 2.19. The average molecular weight is 383 g/mol. The maximum absolute atomic E-state index is 12.5. The third-order valence-electron chi connectivity index (χ3n) is 3.96. The Morgan fingerprint density at radius 1 is 0.963 bits per heavy atom. The van der Waals surface area contributed by atoms with Crippen LogP contribution < -0.4 is 10.0 Å². The van der Waals surface area contributed by atoms with Crippen molar-refractivity contribution in [2.24, 2.45) is 0 Å². The maximum Gasteiger partial charge on any atom is 0.263 e. The van der Waals surface area contributed by atoms with Crippen molar-refractivity contribution in [2.75, 3.05) is 10.0 Å². The molecule has 2 N–H and O–H groups in total. The van der Waals surface area contributed by atoms with Gasteiger partial charge in [0.1, 0.15) is 5.82 Å². The summed E-state index contributed by atoms with van der Waals surface area (Å²) in [6, 6.07) is 13.9. The van der Waals surface area contributed by atoms with Gasteiger partial charge in [0.15, 0.2) is 5.82 Å². The Kier molecular flexibility index (Phi) is 5.66. The lowest BCUT2D eigenvalue weighted by molar-refractivity contribution is 0.601. The van der Waals surface area contributed by atoms with Gasteiger partial charge < -0.3 is 5.32 Å². The number of nitrogens with one attached hydrogen (secondary N) is 2. The van der Waals surface area contributed by atoms with E-state index in [9.17, 15) is 8.42 Å². The Morgan fingerprint density at radius 2 is 1.67 bits per heavy atom. The van der Waals surface area contributed by atoms with E-state index in [1.54, 1.807) is 36.7 Å². The van der Waals surface area contributed by atoms with Crippen molar-refractivity contribution >= 4 is 21.7 Å². The molecule has 0 aliphatic carbocycles. The standard InChI is InChI=1S/C19H21N5O2S/c1-14(2)16-5-7-17(8-6-16)27(25,26)24-19-10-9-18(22-23-19)21-13-15-4-3-11-20-12-15/h3-12,14H,13H2,1-2H3,(H,21,22)(H,23,24). The lowest BCUT2D eigenvalue weighted by Gasteiger charge is -2.10. The quantitative estimate of drug-likeness (QED) is 0.649. The van der Waals surface area contributed by atoms with Crippen molar-refractivity contribution in [2.45, 2.75) is 31.2 Å². The average Bonchev–Trinajstić information content (AvgIpc) is 2.68. The number of aromatic nitrogens is 3. The zero-order valence-electron chi connectivity index (χ0n) is 15.1. The molecule has 0 aliphatic rings. The van der Waals surface area contributed by atoms with Gasteiger partial charge in [-0.25, -0.2) is 8.42 Å². The number of sulfonamides is 1. The number of benzene rings is 1. The molecule has 0 radical (unpaired) electrons. The minimum Gasteiger partial charge on any atom is -0.364 e. The molecule has 8 heteroatoms. The predicted octanol–water partition coefficient (Wildman–Crippen LogP) is 3.41. The van der Waals surface area contributed by atoms with Crippen molar-refractivity contribution in [3.63, 3.8) is 0 Å². The van der Waals surface area contributed by atoms with Gasteiger partial charge in [0.05, 0.1) is 4.90 Å². The van der Waals surface area contributed by atoms with Crippen molar-refractivity contribution in [3.05, 3.63) is 72.1 Å². The van der Waals surface area contributed by atoms with E-state index < -0.39 is 10.0 Å². The molecule has 3 rings (SSSR count). The summed E-state index contributed by atoms with van der Waals surface area (Å²) in [5.41, 5.74) is 2.09. The zero-order chi connectivity index (χ0) is 19.3. The molecule has 0 atom stereocenters. The number of anilines is 2. The van der Waals surface area contributed by atoms with Gasteiger partial charge in [-0.15, -0.1) is 10.2 Å². The van der Waals surface area contributed by atoms with Gasteiger partial charge >= 0.3 is 0 Å². The van der Waals surface area contributed by atoms with Gasteiger partial charge in [-0.05, 0) is 47.4 Å². The molecule has 0 amide bonds. The van der Waals surface area contributed by atoms with E-state index in [0.29, 0.717) is 18.3 Å². The van der Waals surface area contributed by atoms with Crippen molar-refractivity contribution in [1.29, 1.82) is 0 Å². The molecule has 3 aromatic rings. The summed E-state index contributed by atoms with van der Waals surface area (Å²) in [4.78, 5) is 4.23. The summed E-state index contributed by atoms with van der Waals surface area (Å²) in [7, 11) is -3.71. The first-order chi connectivity index (χ1) is 12.9. The maximum atomic E-state index is 12.5. The largest absolute Gasteiger partial charge is 0.364 e. The second-order valence-electron chi connectivity index (χ2n) is 6.35. The van der Waals surface area contributed by atoms with Crippen molar-refractivity contribution in [3.8, 4) is 0 Å². The highest BCUT2D eigenvalue weighted by atomic mass is 32.2. The van der Waals surface area contributed by atoms with Gasteiger partial charge in [0, 0.05) is 18.9 Å². The fourth-order valence-corrected chi connectivity index (χ4v) is 3.40. The lowest BCUT2D eigenvalue weighted by atomic mass is 10.0. The SMILES string of the molecule is CC(C)c1ccc(S(=O)(=O)Nc2ccc(NCc3cccnc3)nn2)cc1. The summed E-state index contributed by atoms with van der Waals surface area (Å²) in [5, 5.41) is 11.0. The number of rotatable bonds is 7. The first-order valence-corrected chi connectivity index (χ1v) is 10.0. The molecular formula is C19H21N5O2S. The van der Waals surface area contributed by atoms with E-state index in [-0.39, 0.29) is 10.7 Å². The summed E-state index contributed by atoms with van der Waals surface area (Å²) in [5.74, 6) is 1.05. The van der Waals surface area contributed by atoms with Crippen LogP contribution in [0.3, 0.4) is 0 Å². The van der Waals surface area contributed by atoms with E-state index >= 15 is 0 Å². The van der Waals surface area contributed by atoms with Gasteiger partial charge in [0.2, 0.25) is 0 Å². The number of hydrogen-bond acceptors (Lipinski definition) is 6. The van der Waals surface area contributed by atoms with E-state index in [4.69, 9.17) is 0 Å². The topological polar surface area (TPSA) is 96.9 Å². The first-order valence-electron chi connectivity index (χ1n) is 8.53. The van der Waals surface area contributed by atoms with Crippen LogP contribution in [0.25, 0.3) is 0 Å². The van der Waals surface area contributed by atoms with Crippen LogP contribution >= 0.6 is 0 Å². The van der Waals surface area contributed by atoms with Crippen LogP contribution in [0.1, 0.15) is 30.9 Å². The summed E-state index contributed by atoms with van der Waals surface area (Å²) in [6.07, 6.45) is 3.47. The van der Waals surface area contributed by atoms with Crippen LogP contribution in [-0.2, 0) is 16.6 Å². The third kappa shape index (κ3) is 5.01. The molecule has 0 bridgehead atoms. The molecule has 1 aromatic carbocycles. The van der Waals surface area contributed by atoms with Gasteiger partial charge in [-0.1, -0.05) is 32.0 Å². The number of nitrogens with zero attached hydrogens (tertiary/aromatic N) is 3. The van der Waals surface area contributed by atoms with Gasteiger partial charge in [0.25, 0.3) is 10.0 Å². The van der Waals surface area contributed by atoms with E-state index in [0.717, 1.165) is 11.1 Å². The zero-order valence-corrected chi connectivity index (χ0v) is 15.9. The molecular weight excluding hydrogens is 362 g/mol. The Morgan fingerprint density at radius 3 is 2.26 bits per heavy atom. The fourth-order valence-electron chi connectivity index (χ4n) is 2.40. The van der Waals surface area contributed by atoms with Crippen LogP contribution in [0.15, 0.2) is 65.8 Å². The summed E-state index contributed by atoms with van der Waals surface area (Å²) >= 11 is 0. The molecule has 0 saturated carbocycles. The smallest absolute Gasteiger partial charge is 0.263 e. The van der Waals surface area contributed by atoms with E-state index in [2.05, 4.69) is 39.1 Å². The Labute approximate surface area is 158 Å². The highest BCUT2D eigenvalue weighted by Gasteiger charge is 2.15. The molecule has 0 fully saturated rings. The molecule has 0 aliphatic heterocycles. The molecule has 0 unspecified atom stereocenters. The number of hydrogen-bond donors (Lipinski definition) is 2. The molecule has 0 spiro atoms. The monoisotopic (exact) mass is 383 g/mol. The van der Waals surface area contributed by atoms with E-state index in [1.807, 2.05) is 24.3 Å². The van der Waals surface area contributed by atoms with Crippen LogP contribution in [0.4, 0.5) is 11.6 Å². The Hall–Kier alpha value is -3.00.